The maximum absolute atomic E-state index is 11.8. The van der Waals surface area contributed by atoms with E-state index in [-0.39, 0.29) is 16.9 Å². The molecule has 1 amide bonds. The molecule has 1 atom stereocenters. The van der Waals surface area contributed by atoms with Gasteiger partial charge in [0.25, 0.3) is 5.91 Å². The van der Waals surface area contributed by atoms with Crippen LogP contribution in [0.5, 0.6) is 5.75 Å². The van der Waals surface area contributed by atoms with Gasteiger partial charge in [-0.05, 0) is 39.0 Å². The van der Waals surface area contributed by atoms with E-state index in [1.54, 1.807) is 25.1 Å². The largest absolute Gasteiger partial charge is 0.480 e. The Hall–Kier alpha value is -1.33. The van der Waals surface area contributed by atoms with E-state index < -0.39 is 6.10 Å². The summed E-state index contributed by atoms with van der Waals surface area (Å²) in [7, 11) is 0. The zero-order valence-electron chi connectivity index (χ0n) is 11.1. The van der Waals surface area contributed by atoms with Crippen molar-refractivity contribution in [2.45, 2.75) is 32.9 Å². The van der Waals surface area contributed by atoms with E-state index in [0.717, 1.165) is 0 Å². The van der Waals surface area contributed by atoms with Crippen molar-refractivity contribution in [3.05, 3.63) is 28.8 Å². The number of thiocarbonyl (C=S) groups is 1. The molecule has 0 saturated heterocycles. The molecule has 19 heavy (non-hydrogen) atoms. The van der Waals surface area contributed by atoms with Gasteiger partial charge in [-0.15, -0.1) is 0 Å². The molecule has 104 valence electrons. The second-order valence-corrected chi connectivity index (χ2v) is 5.30. The highest BCUT2D eigenvalue weighted by molar-refractivity contribution is 7.80. The second kappa shape index (κ2) is 6.73. The SMILES string of the molecule is CC(C)NC(=O)C(C)Oc1cc(Cl)ccc1C(N)=S. The summed E-state index contributed by atoms with van der Waals surface area (Å²) >= 11 is 10.8. The molecule has 0 fully saturated rings. The Morgan fingerprint density at radius 2 is 2.05 bits per heavy atom. The van der Waals surface area contributed by atoms with Gasteiger partial charge in [0.1, 0.15) is 10.7 Å². The van der Waals surface area contributed by atoms with Gasteiger partial charge < -0.3 is 15.8 Å². The summed E-state index contributed by atoms with van der Waals surface area (Å²) in [4.78, 5) is 12.0. The lowest BCUT2D eigenvalue weighted by Crippen LogP contribution is -2.40. The van der Waals surface area contributed by atoms with Crippen LogP contribution < -0.4 is 15.8 Å². The Balaban J connectivity index is 2.89. The molecule has 0 aromatic heterocycles. The van der Waals surface area contributed by atoms with E-state index >= 15 is 0 Å². The molecule has 0 aliphatic carbocycles. The van der Waals surface area contributed by atoms with Gasteiger partial charge in [0.2, 0.25) is 0 Å². The Labute approximate surface area is 123 Å². The molecule has 3 N–H and O–H groups in total. The normalized spacial score (nSPS) is 12.1. The first kappa shape index (κ1) is 15.7. The number of rotatable bonds is 5. The van der Waals surface area contributed by atoms with Crippen LogP contribution in [0.25, 0.3) is 0 Å². The first-order valence-corrected chi connectivity index (χ1v) is 6.66. The molecular weight excluding hydrogens is 284 g/mol. The summed E-state index contributed by atoms with van der Waals surface area (Å²) in [5.41, 5.74) is 6.16. The van der Waals surface area contributed by atoms with Crippen molar-refractivity contribution in [2.24, 2.45) is 5.73 Å². The van der Waals surface area contributed by atoms with E-state index in [1.165, 1.54) is 0 Å². The smallest absolute Gasteiger partial charge is 0.260 e. The number of carbonyl (C=O) groups excluding carboxylic acids is 1. The van der Waals surface area contributed by atoms with Crippen LogP contribution in [0.3, 0.4) is 0 Å². The molecule has 0 saturated carbocycles. The molecule has 6 heteroatoms. The van der Waals surface area contributed by atoms with E-state index in [2.05, 4.69) is 5.32 Å². The molecule has 0 aliphatic heterocycles. The standard InChI is InChI=1S/C13H17ClN2O2S/c1-7(2)16-13(17)8(3)18-11-6-9(14)4-5-10(11)12(15)19/h4-8H,1-3H3,(H2,15,19)(H,16,17). The van der Waals surface area contributed by atoms with Gasteiger partial charge in [-0.25, -0.2) is 0 Å². The lowest BCUT2D eigenvalue weighted by atomic mass is 10.2. The van der Waals surface area contributed by atoms with Crippen LogP contribution in [0.2, 0.25) is 5.02 Å². The first-order chi connectivity index (χ1) is 8.81. The summed E-state index contributed by atoms with van der Waals surface area (Å²) in [6.45, 7) is 5.41. The topological polar surface area (TPSA) is 64.3 Å². The van der Waals surface area contributed by atoms with Crippen LogP contribution >= 0.6 is 23.8 Å². The molecule has 1 unspecified atom stereocenters. The fourth-order valence-electron chi connectivity index (χ4n) is 1.44. The third kappa shape index (κ3) is 4.69. The number of hydrogen-bond donors (Lipinski definition) is 2. The minimum atomic E-state index is -0.658. The van der Waals surface area contributed by atoms with Crippen LogP contribution in [0, 0.1) is 0 Å². The average molecular weight is 301 g/mol. The molecule has 1 aromatic carbocycles. The van der Waals surface area contributed by atoms with Crippen molar-refractivity contribution in [3.8, 4) is 5.75 Å². The van der Waals surface area contributed by atoms with Gasteiger partial charge in [0, 0.05) is 11.1 Å². The van der Waals surface area contributed by atoms with Gasteiger partial charge in [0.05, 0.1) is 5.56 Å². The molecule has 0 radical (unpaired) electrons. The minimum absolute atomic E-state index is 0.0490. The highest BCUT2D eigenvalue weighted by atomic mass is 35.5. The Bertz CT molecular complexity index is 492. The first-order valence-electron chi connectivity index (χ1n) is 5.87. The predicted molar refractivity (Wildman–Crippen MR) is 80.7 cm³/mol. The van der Waals surface area contributed by atoms with Gasteiger partial charge in [-0.3, -0.25) is 4.79 Å². The zero-order valence-corrected chi connectivity index (χ0v) is 12.6. The highest BCUT2D eigenvalue weighted by Gasteiger charge is 2.18. The number of halogens is 1. The zero-order chi connectivity index (χ0) is 14.6. The Morgan fingerprint density at radius 3 is 2.58 bits per heavy atom. The van der Waals surface area contributed by atoms with E-state index in [0.29, 0.717) is 16.3 Å². The highest BCUT2D eigenvalue weighted by Crippen LogP contribution is 2.24. The van der Waals surface area contributed by atoms with E-state index in [4.69, 9.17) is 34.3 Å². The molecule has 4 nitrogen and oxygen atoms in total. The molecule has 0 heterocycles. The maximum Gasteiger partial charge on any atom is 0.260 e. The van der Waals surface area contributed by atoms with Crippen LogP contribution in [0.15, 0.2) is 18.2 Å². The second-order valence-electron chi connectivity index (χ2n) is 4.43. The Morgan fingerprint density at radius 1 is 1.42 bits per heavy atom. The molecule has 1 rings (SSSR count). The van der Waals surface area contributed by atoms with Gasteiger partial charge in [-0.1, -0.05) is 23.8 Å². The quantitative estimate of drug-likeness (QED) is 0.819. The van der Waals surface area contributed by atoms with Gasteiger partial charge >= 0.3 is 0 Å². The molecular formula is C13H17ClN2O2S. The predicted octanol–water partition coefficient (Wildman–Crippen LogP) is 2.27. The number of nitrogens with one attached hydrogen (secondary N) is 1. The number of nitrogens with two attached hydrogens (primary N) is 1. The molecule has 1 aromatic rings. The van der Waals surface area contributed by atoms with Crippen molar-refractivity contribution in [3.63, 3.8) is 0 Å². The third-order valence-corrected chi connectivity index (χ3v) is 2.77. The Kier molecular flexibility index (Phi) is 5.57. The average Bonchev–Trinajstić information content (AvgIpc) is 2.27. The van der Waals surface area contributed by atoms with Crippen molar-refractivity contribution in [1.29, 1.82) is 0 Å². The van der Waals surface area contributed by atoms with Gasteiger partial charge in [0.15, 0.2) is 6.10 Å². The number of carbonyl (C=O) groups is 1. The minimum Gasteiger partial charge on any atom is -0.480 e. The van der Waals surface area contributed by atoms with Crippen LogP contribution in [-0.4, -0.2) is 23.0 Å². The summed E-state index contributed by atoms with van der Waals surface area (Å²) in [5, 5.41) is 3.26. The number of hydrogen-bond acceptors (Lipinski definition) is 3. The van der Waals surface area contributed by atoms with Crippen LogP contribution in [0.4, 0.5) is 0 Å². The lowest BCUT2D eigenvalue weighted by Gasteiger charge is -2.18. The third-order valence-electron chi connectivity index (χ3n) is 2.31. The fraction of sp³-hybridized carbons (Fsp3) is 0.385. The van der Waals surface area contributed by atoms with E-state index in [1.807, 2.05) is 13.8 Å². The van der Waals surface area contributed by atoms with Crippen molar-refractivity contribution < 1.29 is 9.53 Å². The van der Waals surface area contributed by atoms with Crippen LogP contribution in [0.1, 0.15) is 26.3 Å². The maximum atomic E-state index is 11.8. The fourth-order valence-corrected chi connectivity index (χ4v) is 1.77. The summed E-state index contributed by atoms with van der Waals surface area (Å²) < 4.78 is 5.59. The monoisotopic (exact) mass is 300 g/mol. The molecule has 0 spiro atoms. The molecule has 0 bridgehead atoms. The molecule has 0 aliphatic rings. The lowest BCUT2D eigenvalue weighted by molar-refractivity contribution is -0.127. The summed E-state index contributed by atoms with van der Waals surface area (Å²) in [6.07, 6.45) is -0.658. The summed E-state index contributed by atoms with van der Waals surface area (Å²) in [6, 6.07) is 4.98. The number of benzene rings is 1. The van der Waals surface area contributed by atoms with E-state index in [9.17, 15) is 4.79 Å². The van der Waals surface area contributed by atoms with Crippen molar-refractivity contribution in [2.75, 3.05) is 0 Å². The number of amides is 1. The van der Waals surface area contributed by atoms with Gasteiger partial charge in [-0.2, -0.15) is 0 Å². The van der Waals surface area contributed by atoms with Crippen LogP contribution in [-0.2, 0) is 4.79 Å². The van der Waals surface area contributed by atoms with Crippen molar-refractivity contribution in [1.82, 2.24) is 5.32 Å². The number of ether oxygens (including phenoxy) is 1. The van der Waals surface area contributed by atoms with Crippen molar-refractivity contribution >= 4 is 34.7 Å². The summed E-state index contributed by atoms with van der Waals surface area (Å²) in [5.74, 6) is 0.204.